The first kappa shape index (κ1) is 16.1. The van der Waals surface area contributed by atoms with Crippen LogP contribution in [0, 0.1) is 28.6 Å². The fraction of sp³-hybridized carbons (Fsp3) is 0.778. The third kappa shape index (κ3) is 3.15. The third-order valence-electron chi connectivity index (χ3n) is 5.57. The van der Waals surface area contributed by atoms with Crippen molar-refractivity contribution in [3.05, 3.63) is 18.2 Å². The lowest BCUT2D eigenvalue weighted by atomic mass is 9.66. The van der Waals surface area contributed by atoms with E-state index in [4.69, 9.17) is 0 Å². The van der Waals surface area contributed by atoms with Gasteiger partial charge in [-0.25, -0.2) is 4.98 Å². The summed E-state index contributed by atoms with van der Waals surface area (Å²) in [6.45, 7) is 11.4. The fourth-order valence-electron chi connectivity index (χ4n) is 3.66. The summed E-state index contributed by atoms with van der Waals surface area (Å²) >= 11 is 0. The lowest BCUT2D eigenvalue weighted by Gasteiger charge is -2.42. The van der Waals surface area contributed by atoms with Gasteiger partial charge in [0.05, 0.1) is 18.0 Å². The zero-order chi connectivity index (χ0) is 15.6. The maximum absolute atomic E-state index is 9.55. The van der Waals surface area contributed by atoms with Crippen LogP contribution in [0.1, 0.15) is 78.1 Å². The van der Waals surface area contributed by atoms with Gasteiger partial charge < -0.3 is 4.57 Å². The molecule has 0 spiro atoms. The van der Waals surface area contributed by atoms with Crippen molar-refractivity contribution in [1.29, 1.82) is 5.26 Å². The Balaban J connectivity index is 2.30. The molecular formula is C18H29N3. The molecule has 0 aromatic carbocycles. The summed E-state index contributed by atoms with van der Waals surface area (Å²) in [7, 11) is 0. The van der Waals surface area contributed by atoms with Crippen LogP contribution in [0.25, 0.3) is 0 Å². The molecule has 3 unspecified atom stereocenters. The number of nitrogens with zero attached hydrogens (tertiary/aromatic N) is 3. The minimum absolute atomic E-state index is 0.126. The smallest absolute Gasteiger partial charge is 0.111 e. The molecule has 116 valence electrons. The van der Waals surface area contributed by atoms with Crippen molar-refractivity contribution in [2.24, 2.45) is 17.3 Å². The molecule has 0 saturated heterocycles. The highest BCUT2D eigenvalue weighted by molar-refractivity contribution is 5.06. The second-order valence-electron chi connectivity index (χ2n) is 7.50. The third-order valence-corrected chi connectivity index (χ3v) is 5.57. The zero-order valence-corrected chi connectivity index (χ0v) is 14.1. The van der Waals surface area contributed by atoms with Gasteiger partial charge in [0.2, 0.25) is 0 Å². The fourth-order valence-corrected chi connectivity index (χ4v) is 3.66. The van der Waals surface area contributed by atoms with Gasteiger partial charge in [-0.15, -0.1) is 0 Å². The number of imidazole rings is 1. The Labute approximate surface area is 129 Å². The summed E-state index contributed by atoms with van der Waals surface area (Å²) in [4.78, 5) is 4.52. The highest BCUT2D eigenvalue weighted by Gasteiger charge is 2.38. The highest BCUT2D eigenvalue weighted by atomic mass is 15.1. The standard InChI is InChI=1S/C18H29N3/c1-6-18(4,5)15-8-7-14(12-19)16(11-15)21-10-9-20-17(21)13(2)3/h9-10,13-16H,6-8,11H2,1-5H3. The number of aromatic nitrogens is 2. The summed E-state index contributed by atoms with van der Waals surface area (Å²) in [5.74, 6) is 2.34. The number of hydrogen-bond acceptors (Lipinski definition) is 2. The van der Waals surface area contributed by atoms with Crippen molar-refractivity contribution >= 4 is 0 Å². The second-order valence-corrected chi connectivity index (χ2v) is 7.50. The van der Waals surface area contributed by atoms with Crippen LogP contribution in [-0.2, 0) is 0 Å². The Morgan fingerprint density at radius 2 is 2.14 bits per heavy atom. The van der Waals surface area contributed by atoms with E-state index < -0.39 is 0 Å². The van der Waals surface area contributed by atoms with E-state index >= 15 is 0 Å². The molecule has 2 rings (SSSR count). The van der Waals surface area contributed by atoms with Crippen LogP contribution in [0.5, 0.6) is 0 Å². The van der Waals surface area contributed by atoms with E-state index in [2.05, 4.69) is 56.4 Å². The van der Waals surface area contributed by atoms with Gasteiger partial charge in [0.15, 0.2) is 0 Å². The molecule has 1 saturated carbocycles. The van der Waals surface area contributed by atoms with Crippen molar-refractivity contribution in [3.8, 4) is 6.07 Å². The average Bonchev–Trinajstić information content (AvgIpc) is 2.96. The molecule has 1 aliphatic rings. The molecule has 3 heteroatoms. The number of nitriles is 1. The Kier molecular flexibility index (Phi) is 4.76. The van der Waals surface area contributed by atoms with Gasteiger partial charge >= 0.3 is 0 Å². The molecule has 3 atom stereocenters. The first-order valence-electron chi connectivity index (χ1n) is 8.33. The van der Waals surface area contributed by atoms with Gasteiger partial charge in [0.25, 0.3) is 0 Å². The van der Waals surface area contributed by atoms with Crippen molar-refractivity contribution in [2.45, 2.75) is 72.3 Å². The first-order chi connectivity index (χ1) is 9.90. The van der Waals surface area contributed by atoms with Crippen molar-refractivity contribution in [2.75, 3.05) is 0 Å². The monoisotopic (exact) mass is 287 g/mol. The Morgan fingerprint density at radius 3 is 2.71 bits per heavy atom. The zero-order valence-electron chi connectivity index (χ0n) is 14.1. The van der Waals surface area contributed by atoms with E-state index in [9.17, 15) is 5.26 Å². The van der Waals surface area contributed by atoms with Crippen LogP contribution < -0.4 is 0 Å². The normalized spacial score (nSPS) is 26.8. The molecule has 0 N–H and O–H groups in total. The summed E-state index contributed by atoms with van der Waals surface area (Å²) in [5, 5.41) is 9.55. The van der Waals surface area contributed by atoms with Gasteiger partial charge in [-0.1, -0.05) is 41.0 Å². The molecule has 0 aliphatic heterocycles. The van der Waals surface area contributed by atoms with E-state index in [-0.39, 0.29) is 5.92 Å². The number of rotatable bonds is 4. The van der Waals surface area contributed by atoms with Crippen LogP contribution in [0.15, 0.2) is 12.4 Å². The van der Waals surface area contributed by atoms with Crippen molar-refractivity contribution < 1.29 is 0 Å². The van der Waals surface area contributed by atoms with E-state index in [1.165, 1.54) is 12.8 Å². The van der Waals surface area contributed by atoms with E-state index in [0.29, 0.717) is 23.3 Å². The minimum atomic E-state index is 0.126. The highest BCUT2D eigenvalue weighted by Crippen LogP contribution is 2.46. The van der Waals surface area contributed by atoms with E-state index in [1.807, 2.05) is 6.20 Å². The Bertz CT molecular complexity index is 507. The molecule has 1 aromatic rings. The molecule has 0 bridgehead atoms. The SMILES string of the molecule is CCC(C)(C)C1CCC(C#N)C(n2ccnc2C(C)C)C1. The predicted molar refractivity (Wildman–Crippen MR) is 85.9 cm³/mol. The van der Waals surface area contributed by atoms with Crippen LogP contribution in [0.4, 0.5) is 0 Å². The minimum Gasteiger partial charge on any atom is -0.330 e. The summed E-state index contributed by atoms with van der Waals surface area (Å²) in [5.41, 5.74) is 0.358. The predicted octanol–water partition coefficient (Wildman–Crippen LogP) is 4.92. The molecule has 21 heavy (non-hydrogen) atoms. The van der Waals surface area contributed by atoms with Gasteiger partial charge in [-0.05, 0) is 30.6 Å². The largest absolute Gasteiger partial charge is 0.330 e. The van der Waals surface area contributed by atoms with Gasteiger partial charge in [-0.2, -0.15) is 5.26 Å². The van der Waals surface area contributed by atoms with Crippen LogP contribution in [0.3, 0.4) is 0 Å². The first-order valence-corrected chi connectivity index (χ1v) is 8.33. The molecule has 1 aliphatic carbocycles. The molecule has 0 radical (unpaired) electrons. The molecule has 1 aromatic heterocycles. The van der Waals surface area contributed by atoms with Crippen LogP contribution in [0.2, 0.25) is 0 Å². The van der Waals surface area contributed by atoms with E-state index in [0.717, 1.165) is 18.7 Å². The van der Waals surface area contributed by atoms with Crippen LogP contribution in [-0.4, -0.2) is 9.55 Å². The second kappa shape index (κ2) is 6.22. The maximum Gasteiger partial charge on any atom is 0.111 e. The van der Waals surface area contributed by atoms with Gasteiger partial charge in [-0.3, -0.25) is 0 Å². The van der Waals surface area contributed by atoms with Gasteiger partial charge in [0.1, 0.15) is 5.82 Å². The van der Waals surface area contributed by atoms with Crippen molar-refractivity contribution in [3.63, 3.8) is 0 Å². The van der Waals surface area contributed by atoms with Crippen LogP contribution >= 0.6 is 0 Å². The molecule has 1 heterocycles. The molecule has 1 fully saturated rings. The summed E-state index contributed by atoms with van der Waals surface area (Å²) in [6.07, 6.45) is 8.47. The molecular weight excluding hydrogens is 258 g/mol. The molecule has 0 amide bonds. The Morgan fingerprint density at radius 1 is 1.43 bits per heavy atom. The quantitative estimate of drug-likeness (QED) is 0.788. The van der Waals surface area contributed by atoms with Crippen molar-refractivity contribution in [1.82, 2.24) is 9.55 Å². The topological polar surface area (TPSA) is 41.6 Å². The molecule has 3 nitrogen and oxygen atoms in total. The lowest BCUT2D eigenvalue weighted by Crippen LogP contribution is -2.34. The Hall–Kier alpha value is -1.30. The van der Waals surface area contributed by atoms with E-state index in [1.54, 1.807) is 0 Å². The maximum atomic E-state index is 9.55. The summed E-state index contributed by atoms with van der Waals surface area (Å²) < 4.78 is 2.29. The number of hydrogen-bond donors (Lipinski definition) is 0. The average molecular weight is 287 g/mol. The van der Waals surface area contributed by atoms with Gasteiger partial charge in [0, 0.05) is 18.3 Å². The lowest BCUT2D eigenvalue weighted by molar-refractivity contribution is 0.103. The summed E-state index contributed by atoms with van der Waals surface area (Å²) in [6, 6.07) is 2.84.